The lowest BCUT2D eigenvalue weighted by molar-refractivity contribution is 0.144. The lowest BCUT2D eigenvalue weighted by atomic mass is 10.0. The third-order valence-corrected chi connectivity index (χ3v) is 3.16. The van der Waals surface area contributed by atoms with E-state index in [1.807, 2.05) is 18.2 Å². The SMILES string of the molecule is C=C1CC(O)c2ccc(N(CC)CC)cc2O1. The smallest absolute Gasteiger partial charge is 0.134 e. The van der Waals surface area contributed by atoms with Crippen molar-refractivity contribution in [3.8, 4) is 5.75 Å². The molecule has 1 N–H and O–H groups in total. The van der Waals surface area contributed by atoms with Crippen LogP contribution in [0, 0.1) is 0 Å². The lowest BCUT2D eigenvalue weighted by Gasteiger charge is -2.27. The minimum absolute atomic E-state index is 0.484. The zero-order chi connectivity index (χ0) is 12.4. The molecule has 1 unspecified atom stereocenters. The fourth-order valence-corrected chi connectivity index (χ4v) is 2.19. The van der Waals surface area contributed by atoms with Crippen molar-refractivity contribution in [1.82, 2.24) is 0 Å². The Kier molecular flexibility index (Phi) is 3.38. The molecule has 1 heterocycles. The highest BCUT2D eigenvalue weighted by Crippen LogP contribution is 2.38. The number of ether oxygens (including phenoxy) is 1. The van der Waals surface area contributed by atoms with Gasteiger partial charge in [0, 0.05) is 36.8 Å². The molecule has 0 saturated heterocycles. The number of aliphatic hydroxyl groups is 1. The van der Waals surface area contributed by atoms with E-state index in [2.05, 4.69) is 25.3 Å². The van der Waals surface area contributed by atoms with Gasteiger partial charge < -0.3 is 14.7 Å². The molecule has 1 atom stereocenters. The number of fused-ring (bicyclic) bond motifs is 1. The Hall–Kier alpha value is -1.48. The molecule has 1 aromatic carbocycles. The molecule has 0 spiro atoms. The molecule has 0 amide bonds. The molecule has 0 fully saturated rings. The van der Waals surface area contributed by atoms with Gasteiger partial charge in [0.05, 0.1) is 11.9 Å². The summed E-state index contributed by atoms with van der Waals surface area (Å²) in [5.74, 6) is 1.36. The minimum atomic E-state index is -0.489. The summed E-state index contributed by atoms with van der Waals surface area (Å²) in [6.45, 7) is 9.94. The van der Waals surface area contributed by atoms with Gasteiger partial charge in [0.2, 0.25) is 0 Å². The van der Waals surface area contributed by atoms with Crippen LogP contribution in [0.2, 0.25) is 0 Å². The van der Waals surface area contributed by atoms with Crippen molar-refractivity contribution < 1.29 is 9.84 Å². The maximum atomic E-state index is 9.92. The Morgan fingerprint density at radius 3 is 2.76 bits per heavy atom. The second-order valence-electron chi connectivity index (χ2n) is 4.26. The summed E-state index contributed by atoms with van der Waals surface area (Å²) < 4.78 is 5.60. The molecule has 2 rings (SSSR count). The summed E-state index contributed by atoms with van der Waals surface area (Å²) in [4.78, 5) is 2.24. The van der Waals surface area contributed by atoms with Crippen molar-refractivity contribution in [3.63, 3.8) is 0 Å². The molecular formula is C14H19NO2. The monoisotopic (exact) mass is 233 g/mol. The zero-order valence-corrected chi connectivity index (χ0v) is 10.4. The highest BCUT2D eigenvalue weighted by atomic mass is 16.5. The van der Waals surface area contributed by atoms with Gasteiger partial charge in [0.1, 0.15) is 5.75 Å². The summed E-state index contributed by atoms with van der Waals surface area (Å²) >= 11 is 0. The van der Waals surface area contributed by atoms with Crippen LogP contribution in [0.15, 0.2) is 30.5 Å². The topological polar surface area (TPSA) is 32.7 Å². The van der Waals surface area contributed by atoms with Gasteiger partial charge in [-0.05, 0) is 19.9 Å². The first-order chi connectivity index (χ1) is 8.15. The Morgan fingerprint density at radius 2 is 2.12 bits per heavy atom. The van der Waals surface area contributed by atoms with Gasteiger partial charge in [-0.3, -0.25) is 0 Å². The molecule has 0 aromatic heterocycles. The van der Waals surface area contributed by atoms with E-state index in [0.717, 1.165) is 30.1 Å². The molecule has 0 aliphatic carbocycles. The predicted molar refractivity (Wildman–Crippen MR) is 69.3 cm³/mol. The number of nitrogens with zero attached hydrogens (tertiary/aromatic N) is 1. The van der Waals surface area contributed by atoms with E-state index in [0.29, 0.717) is 12.2 Å². The second kappa shape index (κ2) is 4.80. The Balaban J connectivity index is 2.36. The number of hydrogen-bond donors (Lipinski definition) is 1. The number of aliphatic hydroxyl groups excluding tert-OH is 1. The average molecular weight is 233 g/mol. The molecule has 1 aliphatic rings. The van der Waals surface area contributed by atoms with Gasteiger partial charge in [0.15, 0.2) is 0 Å². The predicted octanol–water partition coefficient (Wildman–Crippen LogP) is 2.86. The van der Waals surface area contributed by atoms with Crippen molar-refractivity contribution in [2.45, 2.75) is 26.4 Å². The van der Waals surface area contributed by atoms with Crippen molar-refractivity contribution >= 4 is 5.69 Å². The van der Waals surface area contributed by atoms with Crippen molar-refractivity contribution in [3.05, 3.63) is 36.1 Å². The normalized spacial score (nSPS) is 18.5. The molecule has 1 aromatic rings. The first-order valence-electron chi connectivity index (χ1n) is 6.08. The van der Waals surface area contributed by atoms with Crippen LogP contribution < -0.4 is 9.64 Å². The van der Waals surface area contributed by atoms with Gasteiger partial charge in [-0.2, -0.15) is 0 Å². The van der Waals surface area contributed by atoms with Gasteiger partial charge in [-0.15, -0.1) is 0 Å². The number of rotatable bonds is 3. The van der Waals surface area contributed by atoms with Crippen molar-refractivity contribution in [2.24, 2.45) is 0 Å². The van der Waals surface area contributed by atoms with Crippen LogP contribution in [0.25, 0.3) is 0 Å². The number of hydrogen-bond acceptors (Lipinski definition) is 3. The third-order valence-electron chi connectivity index (χ3n) is 3.16. The minimum Gasteiger partial charge on any atom is -0.462 e. The molecule has 17 heavy (non-hydrogen) atoms. The van der Waals surface area contributed by atoms with E-state index >= 15 is 0 Å². The maximum absolute atomic E-state index is 9.92. The van der Waals surface area contributed by atoms with Gasteiger partial charge in [0.25, 0.3) is 0 Å². The van der Waals surface area contributed by atoms with Crippen LogP contribution in [0.4, 0.5) is 5.69 Å². The molecule has 0 bridgehead atoms. The van der Waals surface area contributed by atoms with E-state index in [9.17, 15) is 5.11 Å². The Labute approximate surface area is 102 Å². The molecule has 3 nitrogen and oxygen atoms in total. The molecule has 0 radical (unpaired) electrons. The largest absolute Gasteiger partial charge is 0.462 e. The highest BCUT2D eigenvalue weighted by molar-refractivity contribution is 5.55. The van der Waals surface area contributed by atoms with Gasteiger partial charge >= 0.3 is 0 Å². The molecule has 3 heteroatoms. The van der Waals surface area contributed by atoms with Crippen molar-refractivity contribution in [2.75, 3.05) is 18.0 Å². The quantitative estimate of drug-likeness (QED) is 0.871. The highest BCUT2D eigenvalue weighted by Gasteiger charge is 2.22. The first kappa shape index (κ1) is 12.0. The Morgan fingerprint density at radius 1 is 1.41 bits per heavy atom. The van der Waals surface area contributed by atoms with E-state index in [4.69, 9.17) is 4.74 Å². The van der Waals surface area contributed by atoms with E-state index < -0.39 is 6.10 Å². The summed E-state index contributed by atoms with van der Waals surface area (Å²) in [5.41, 5.74) is 1.98. The van der Waals surface area contributed by atoms with Gasteiger partial charge in [-0.25, -0.2) is 0 Å². The molecule has 1 aliphatic heterocycles. The second-order valence-corrected chi connectivity index (χ2v) is 4.26. The lowest BCUT2D eigenvalue weighted by Crippen LogP contribution is -2.22. The Bertz CT molecular complexity index is 424. The summed E-state index contributed by atoms with van der Waals surface area (Å²) in [5, 5.41) is 9.92. The molecule has 92 valence electrons. The summed E-state index contributed by atoms with van der Waals surface area (Å²) in [6, 6.07) is 5.96. The van der Waals surface area contributed by atoms with Crippen molar-refractivity contribution in [1.29, 1.82) is 0 Å². The molecule has 0 saturated carbocycles. The fourth-order valence-electron chi connectivity index (χ4n) is 2.19. The van der Waals surface area contributed by atoms with Crippen LogP contribution in [-0.2, 0) is 0 Å². The number of anilines is 1. The fraction of sp³-hybridized carbons (Fsp3) is 0.429. The standard InChI is InChI=1S/C14H19NO2/c1-4-15(5-2)11-6-7-12-13(16)8-10(3)17-14(12)9-11/h6-7,9,13,16H,3-5,8H2,1-2H3. The van der Waals surface area contributed by atoms with Crippen LogP contribution in [0.5, 0.6) is 5.75 Å². The first-order valence-corrected chi connectivity index (χ1v) is 6.08. The summed E-state index contributed by atoms with van der Waals surface area (Å²) in [7, 11) is 0. The third kappa shape index (κ3) is 2.29. The van der Waals surface area contributed by atoms with Gasteiger partial charge in [-0.1, -0.05) is 12.6 Å². The van der Waals surface area contributed by atoms with Crippen LogP contribution in [-0.4, -0.2) is 18.2 Å². The van der Waals surface area contributed by atoms with Crippen LogP contribution in [0.1, 0.15) is 31.9 Å². The average Bonchev–Trinajstić information content (AvgIpc) is 2.30. The van der Waals surface area contributed by atoms with E-state index in [1.165, 1.54) is 0 Å². The number of benzene rings is 1. The van der Waals surface area contributed by atoms with E-state index in [-0.39, 0.29) is 0 Å². The zero-order valence-electron chi connectivity index (χ0n) is 10.4. The van der Waals surface area contributed by atoms with Crippen LogP contribution >= 0.6 is 0 Å². The molecular weight excluding hydrogens is 214 g/mol. The maximum Gasteiger partial charge on any atom is 0.134 e. The summed E-state index contributed by atoms with van der Waals surface area (Å²) in [6.07, 6.45) is -0.00514. The van der Waals surface area contributed by atoms with E-state index in [1.54, 1.807) is 0 Å². The van der Waals surface area contributed by atoms with Crippen LogP contribution in [0.3, 0.4) is 0 Å².